The summed E-state index contributed by atoms with van der Waals surface area (Å²) in [6.07, 6.45) is 2.06. The minimum atomic E-state index is -0.303. The molecular formula is C11H15N3O. The summed E-state index contributed by atoms with van der Waals surface area (Å²) in [5.74, 6) is 0. The van der Waals surface area contributed by atoms with E-state index in [9.17, 15) is 5.11 Å². The molecule has 0 radical (unpaired) electrons. The molecular weight excluding hydrogens is 190 g/mol. The lowest BCUT2D eigenvalue weighted by atomic mass is 10.2. The Kier molecular flexibility index (Phi) is 4.75. The van der Waals surface area contributed by atoms with Gasteiger partial charge in [0.1, 0.15) is 11.8 Å². The first-order chi connectivity index (χ1) is 7.26. The fourth-order valence-corrected chi connectivity index (χ4v) is 1.17. The molecule has 1 rings (SSSR count). The van der Waals surface area contributed by atoms with Crippen molar-refractivity contribution < 1.29 is 5.11 Å². The predicted molar refractivity (Wildman–Crippen MR) is 57.0 cm³/mol. The maximum Gasteiger partial charge on any atom is 0.140 e. The summed E-state index contributed by atoms with van der Waals surface area (Å²) in [5, 5.41) is 21.1. The number of nitrogens with zero attached hydrogens (tertiary/aromatic N) is 2. The average Bonchev–Trinajstić information content (AvgIpc) is 2.29. The van der Waals surface area contributed by atoms with Crippen LogP contribution in [0.2, 0.25) is 0 Å². The van der Waals surface area contributed by atoms with Gasteiger partial charge in [-0.1, -0.05) is 6.92 Å². The highest BCUT2D eigenvalue weighted by atomic mass is 16.3. The SMILES string of the molecule is CCC(O)CNCc1ccnc(C#N)c1. The van der Waals surface area contributed by atoms with E-state index in [1.54, 1.807) is 12.3 Å². The van der Waals surface area contributed by atoms with Crippen LogP contribution in [0.4, 0.5) is 0 Å². The Balaban J connectivity index is 2.41. The van der Waals surface area contributed by atoms with Crippen molar-refractivity contribution in [3.05, 3.63) is 29.6 Å². The lowest BCUT2D eigenvalue weighted by Crippen LogP contribution is -2.25. The van der Waals surface area contributed by atoms with Gasteiger partial charge in [0, 0.05) is 19.3 Å². The van der Waals surface area contributed by atoms with Crippen LogP contribution >= 0.6 is 0 Å². The summed E-state index contributed by atoms with van der Waals surface area (Å²) in [5.41, 5.74) is 1.43. The fourth-order valence-electron chi connectivity index (χ4n) is 1.17. The van der Waals surface area contributed by atoms with Gasteiger partial charge in [0.2, 0.25) is 0 Å². The van der Waals surface area contributed by atoms with Crippen molar-refractivity contribution in [2.75, 3.05) is 6.54 Å². The molecule has 0 saturated heterocycles. The molecule has 4 nitrogen and oxygen atoms in total. The summed E-state index contributed by atoms with van der Waals surface area (Å²) in [6.45, 7) is 3.15. The highest BCUT2D eigenvalue weighted by Crippen LogP contribution is 2.00. The Labute approximate surface area is 89.6 Å². The zero-order chi connectivity index (χ0) is 11.1. The molecule has 0 amide bonds. The van der Waals surface area contributed by atoms with Crippen LogP contribution in [0, 0.1) is 11.3 Å². The van der Waals surface area contributed by atoms with E-state index in [1.807, 2.05) is 19.1 Å². The Hall–Kier alpha value is -1.44. The summed E-state index contributed by atoms with van der Waals surface area (Å²) in [4.78, 5) is 3.88. The third kappa shape index (κ3) is 4.07. The highest BCUT2D eigenvalue weighted by Gasteiger charge is 2.00. The van der Waals surface area contributed by atoms with Crippen LogP contribution < -0.4 is 5.32 Å². The fraction of sp³-hybridized carbons (Fsp3) is 0.455. The van der Waals surface area contributed by atoms with Gasteiger partial charge in [-0.05, 0) is 24.1 Å². The van der Waals surface area contributed by atoms with E-state index in [2.05, 4.69) is 10.3 Å². The minimum absolute atomic E-state index is 0.303. The first-order valence-corrected chi connectivity index (χ1v) is 5.00. The molecule has 1 aromatic rings. The van der Waals surface area contributed by atoms with E-state index in [1.165, 1.54) is 0 Å². The number of pyridine rings is 1. The van der Waals surface area contributed by atoms with Crippen molar-refractivity contribution in [1.29, 1.82) is 5.26 Å². The molecule has 0 bridgehead atoms. The number of aromatic nitrogens is 1. The van der Waals surface area contributed by atoms with Gasteiger partial charge in [0.25, 0.3) is 0 Å². The summed E-state index contributed by atoms with van der Waals surface area (Å²) >= 11 is 0. The maximum absolute atomic E-state index is 9.31. The van der Waals surface area contributed by atoms with Crippen LogP contribution in [-0.4, -0.2) is 22.7 Å². The first kappa shape index (κ1) is 11.6. The third-order valence-corrected chi connectivity index (χ3v) is 2.12. The molecule has 2 N–H and O–H groups in total. The van der Waals surface area contributed by atoms with Crippen LogP contribution in [0.15, 0.2) is 18.3 Å². The molecule has 0 aromatic carbocycles. The van der Waals surface area contributed by atoms with E-state index < -0.39 is 0 Å². The van der Waals surface area contributed by atoms with Crippen molar-refractivity contribution in [2.45, 2.75) is 26.0 Å². The lowest BCUT2D eigenvalue weighted by Gasteiger charge is -2.09. The Bertz CT molecular complexity index is 346. The molecule has 0 aliphatic rings. The molecule has 0 spiro atoms. The van der Waals surface area contributed by atoms with Crippen molar-refractivity contribution in [1.82, 2.24) is 10.3 Å². The van der Waals surface area contributed by atoms with Gasteiger partial charge in [-0.15, -0.1) is 0 Å². The number of aliphatic hydroxyl groups is 1. The molecule has 1 unspecified atom stereocenters. The number of nitrogens with one attached hydrogen (secondary N) is 1. The molecule has 4 heteroatoms. The van der Waals surface area contributed by atoms with Crippen LogP contribution in [0.3, 0.4) is 0 Å². The van der Waals surface area contributed by atoms with Crippen molar-refractivity contribution in [2.24, 2.45) is 0 Å². The van der Waals surface area contributed by atoms with Gasteiger partial charge in [-0.25, -0.2) is 4.98 Å². The molecule has 15 heavy (non-hydrogen) atoms. The topological polar surface area (TPSA) is 68.9 Å². The summed E-state index contributed by atoms with van der Waals surface area (Å²) in [6, 6.07) is 5.58. The molecule has 1 heterocycles. The molecule has 0 saturated carbocycles. The quantitative estimate of drug-likeness (QED) is 0.746. The van der Waals surface area contributed by atoms with E-state index in [4.69, 9.17) is 5.26 Å². The lowest BCUT2D eigenvalue weighted by molar-refractivity contribution is 0.167. The van der Waals surface area contributed by atoms with E-state index in [0.29, 0.717) is 18.8 Å². The molecule has 1 aromatic heterocycles. The normalized spacial score (nSPS) is 12.1. The highest BCUT2D eigenvalue weighted by molar-refractivity contribution is 5.25. The molecule has 80 valence electrons. The largest absolute Gasteiger partial charge is 0.392 e. The van der Waals surface area contributed by atoms with E-state index >= 15 is 0 Å². The Morgan fingerprint density at radius 2 is 2.47 bits per heavy atom. The van der Waals surface area contributed by atoms with Gasteiger partial charge in [-0.3, -0.25) is 0 Å². The number of rotatable bonds is 5. The minimum Gasteiger partial charge on any atom is -0.392 e. The number of nitriles is 1. The predicted octanol–water partition coefficient (Wildman–Crippen LogP) is 0.814. The Morgan fingerprint density at radius 3 is 3.13 bits per heavy atom. The molecule has 1 atom stereocenters. The molecule has 0 fully saturated rings. The second-order valence-corrected chi connectivity index (χ2v) is 3.35. The summed E-state index contributed by atoms with van der Waals surface area (Å²) in [7, 11) is 0. The van der Waals surface area contributed by atoms with Gasteiger partial charge >= 0.3 is 0 Å². The third-order valence-electron chi connectivity index (χ3n) is 2.12. The smallest absolute Gasteiger partial charge is 0.140 e. The monoisotopic (exact) mass is 205 g/mol. The van der Waals surface area contributed by atoms with Crippen LogP contribution in [0.5, 0.6) is 0 Å². The second kappa shape index (κ2) is 6.12. The maximum atomic E-state index is 9.31. The number of aliphatic hydroxyl groups excluding tert-OH is 1. The zero-order valence-corrected chi connectivity index (χ0v) is 8.77. The zero-order valence-electron chi connectivity index (χ0n) is 8.77. The van der Waals surface area contributed by atoms with Crippen LogP contribution in [-0.2, 0) is 6.54 Å². The van der Waals surface area contributed by atoms with Gasteiger partial charge in [0.15, 0.2) is 0 Å². The second-order valence-electron chi connectivity index (χ2n) is 3.35. The van der Waals surface area contributed by atoms with Gasteiger partial charge in [0.05, 0.1) is 6.10 Å². The van der Waals surface area contributed by atoms with Gasteiger partial charge < -0.3 is 10.4 Å². The molecule has 0 aliphatic heterocycles. The Morgan fingerprint density at radius 1 is 1.67 bits per heavy atom. The standard InChI is InChI=1S/C11H15N3O/c1-2-11(15)8-13-7-9-3-4-14-10(5-9)6-12/h3-5,11,13,15H,2,7-8H2,1H3. The number of hydrogen-bond acceptors (Lipinski definition) is 4. The van der Waals surface area contributed by atoms with E-state index in [-0.39, 0.29) is 6.10 Å². The van der Waals surface area contributed by atoms with Crippen molar-refractivity contribution in [3.8, 4) is 6.07 Å². The average molecular weight is 205 g/mol. The molecule has 0 aliphatic carbocycles. The van der Waals surface area contributed by atoms with Crippen molar-refractivity contribution >= 4 is 0 Å². The van der Waals surface area contributed by atoms with Crippen LogP contribution in [0.1, 0.15) is 24.6 Å². The summed E-state index contributed by atoms with van der Waals surface area (Å²) < 4.78 is 0. The first-order valence-electron chi connectivity index (χ1n) is 5.00. The van der Waals surface area contributed by atoms with Crippen LogP contribution in [0.25, 0.3) is 0 Å². The van der Waals surface area contributed by atoms with E-state index in [0.717, 1.165) is 12.0 Å². The number of hydrogen-bond donors (Lipinski definition) is 2. The van der Waals surface area contributed by atoms with Gasteiger partial charge in [-0.2, -0.15) is 5.26 Å². The van der Waals surface area contributed by atoms with Crippen molar-refractivity contribution in [3.63, 3.8) is 0 Å².